The van der Waals surface area contributed by atoms with E-state index in [0.29, 0.717) is 37.2 Å². The Morgan fingerprint density at radius 1 is 1.33 bits per heavy atom. The van der Waals surface area contributed by atoms with Crippen molar-refractivity contribution in [1.82, 2.24) is 5.32 Å². The highest BCUT2D eigenvalue weighted by atomic mass is 19.1. The molecule has 0 saturated carbocycles. The number of halogens is 1. The van der Waals surface area contributed by atoms with Gasteiger partial charge in [0.25, 0.3) is 0 Å². The molecule has 0 aromatic heterocycles. The molecular weight excluding hydrogens is 233 g/mol. The monoisotopic (exact) mass is 253 g/mol. The average molecular weight is 253 g/mol. The summed E-state index contributed by atoms with van der Waals surface area (Å²) in [4.78, 5) is 11.1. The van der Waals surface area contributed by atoms with E-state index in [2.05, 4.69) is 5.32 Å². The molecule has 4 heteroatoms. The molecule has 1 aromatic rings. The van der Waals surface area contributed by atoms with Crippen LogP contribution in [0, 0.1) is 19.7 Å². The van der Waals surface area contributed by atoms with Crippen molar-refractivity contribution in [2.45, 2.75) is 33.7 Å². The van der Waals surface area contributed by atoms with Crippen LogP contribution in [0.2, 0.25) is 0 Å². The molecule has 100 valence electrons. The van der Waals surface area contributed by atoms with Crippen LogP contribution in [-0.4, -0.2) is 19.1 Å². The summed E-state index contributed by atoms with van der Waals surface area (Å²) in [5, 5.41) is 3.14. The average Bonchev–Trinajstić information content (AvgIpc) is 2.32. The number of benzene rings is 1. The predicted octanol–water partition coefficient (Wildman–Crippen LogP) is 2.49. The first-order valence-corrected chi connectivity index (χ1v) is 6.16. The summed E-state index contributed by atoms with van der Waals surface area (Å²) < 4.78 is 18.2. The van der Waals surface area contributed by atoms with Crippen LogP contribution in [0.4, 0.5) is 4.39 Å². The number of hydrogen-bond acceptors (Lipinski definition) is 3. The lowest BCUT2D eigenvalue weighted by Gasteiger charge is -2.08. The van der Waals surface area contributed by atoms with Crippen molar-refractivity contribution in [3.05, 3.63) is 34.6 Å². The summed E-state index contributed by atoms with van der Waals surface area (Å²) in [6.07, 6.45) is 0.354. The Morgan fingerprint density at radius 2 is 1.94 bits per heavy atom. The highest BCUT2D eigenvalue weighted by Gasteiger charge is 2.05. The molecule has 0 bridgehead atoms. The molecule has 0 radical (unpaired) electrons. The molecular formula is C14H20FNO2. The standard InChI is InChI=1S/C14H20FNO2/c1-4-18-13(17)5-6-16-9-12-7-10(2)14(15)11(3)8-12/h7-8,16H,4-6,9H2,1-3H3. The van der Waals surface area contributed by atoms with E-state index in [4.69, 9.17) is 4.74 Å². The molecule has 0 aliphatic carbocycles. The summed E-state index contributed by atoms with van der Waals surface area (Å²) in [6.45, 7) is 6.90. The number of hydrogen-bond donors (Lipinski definition) is 1. The van der Waals surface area contributed by atoms with Crippen molar-refractivity contribution >= 4 is 5.97 Å². The first-order valence-electron chi connectivity index (χ1n) is 6.16. The van der Waals surface area contributed by atoms with Gasteiger partial charge in [-0.15, -0.1) is 0 Å². The van der Waals surface area contributed by atoms with E-state index < -0.39 is 0 Å². The number of aryl methyl sites for hydroxylation is 2. The highest BCUT2D eigenvalue weighted by molar-refractivity contribution is 5.69. The van der Waals surface area contributed by atoms with Crippen LogP contribution in [0.15, 0.2) is 12.1 Å². The minimum Gasteiger partial charge on any atom is -0.466 e. The third-order valence-electron chi connectivity index (χ3n) is 2.64. The number of esters is 1. The zero-order valence-electron chi connectivity index (χ0n) is 11.2. The van der Waals surface area contributed by atoms with Crippen LogP contribution < -0.4 is 5.32 Å². The van der Waals surface area contributed by atoms with E-state index in [1.807, 2.05) is 12.1 Å². The fourth-order valence-electron chi connectivity index (χ4n) is 1.79. The molecule has 0 aliphatic heterocycles. The molecule has 3 nitrogen and oxygen atoms in total. The normalized spacial score (nSPS) is 10.4. The maximum Gasteiger partial charge on any atom is 0.307 e. The first kappa shape index (κ1) is 14.6. The van der Waals surface area contributed by atoms with Gasteiger partial charge in [0.2, 0.25) is 0 Å². The van der Waals surface area contributed by atoms with Gasteiger partial charge in [-0.2, -0.15) is 0 Å². The Balaban J connectivity index is 2.38. The lowest BCUT2D eigenvalue weighted by atomic mass is 10.1. The molecule has 18 heavy (non-hydrogen) atoms. The minimum absolute atomic E-state index is 0.148. The van der Waals surface area contributed by atoms with Crippen LogP contribution in [0.3, 0.4) is 0 Å². The molecule has 0 saturated heterocycles. The summed E-state index contributed by atoms with van der Waals surface area (Å²) in [5.74, 6) is -0.346. The van der Waals surface area contributed by atoms with Gasteiger partial charge in [0.15, 0.2) is 0 Å². The molecule has 0 aliphatic rings. The van der Waals surface area contributed by atoms with E-state index in [0.717, 1.165) is 5.56 Å². The van der Waals surface area contributed by atoms with Crippen molar-refractivity contribution in [2.24, 2.45) is 0 Å². The van der Waals surface area contributed by atoms with E-state index in [-0.39, 0.29) is 11.8 Å². The van der Waals surface area contributed by atoms with Crippen molar-refractivity contribution in [1.29, 1.82) is 0 Å². The number of carbonyl (C=O) groups excluding carboxylic acids is 1. The second kappa shape index (κ2) is 7.11. The Hall–Kier alpha value is -1.42. The third kappa shape index (κ3) is 4.45. The maximum atomic E-state index is 13.4. The Morgan fingerprint density at radius 3 is 2.50 bits per heavy atom. The minimum atomic E-state index is -0.198. The van der Waals surface area contributed by atoms with E-state index in [1.165, 1.54) is 0 Å². The zero-order valence-corrected chi connectivity index (χ0v) is 11.2. The molecule has 0 amide bonds. The number of rotatable bonds is 6. The molecule has 0 heterocycles. The van der Waals surface area contributed by atoms with Crippen molar-refractivity contribution in [2.75, 3.05) is 13.2 Å². The van der Waals surface area contributed by atoms with E-state index >= 15 is 0 Å². The summed E-state index contributed by atoms with van der Waals surface area (Å²) in [5.41, 5.74) is 2.32. The molecule has 1 N–H and O–H groups in total. The first-order chi connectivity index (χ1) is 8.54. The molecule has 1 rings (SSSR count). The molecule has 0 atom stereocenters. The smallest absolute Gasteiger partial charge is 0.307 e. The van der Waals surface area contributed by atoms with Crippen LogP contribution >= 0.6 is 0 Å². The number of nitrogens with one attached hydrogen (secondary N) is 1. The largest absolute Gasteiger partial charge is 0.466 e. The fraction of sp³-hybridized carbons (Fsp3) is 0.500. The van der Waals surface area contributed by atoms with Gasteiger partial charge in [-0.05, 0) is 37.5 Å². The fourth-order valence-corrected chi connectivity index (χ4v) is 1.79. The Kier molecular flexibility index (Phi) is 5.78. The van der Waals surface area contributed by atoms with Gasteiger partial charge in [-0.25, -0.2) is 4.39 Å². The Labute approximate surface area is 107 Å². The summed E-state index contributed by atoms with van der Waals surface area (Å²) in [7, 11) is 0. The summed E-state index contributed by atoms with van der Waals surface area (Å²) >= 11 is 0. The van der Waals surface area contributed by atoms with E-state index in [9.17, 15) is 9.18 Å². The van der Waals surface area contributed by atoms with Gasteiger partial charge in [0.1, 0.15) is 5.82 Å². The van der Waals surface area contributed by atoms with Crippen LogP contribution in [0.25, 0.3) is 0 Å². The molecule has 0 unspecified atom stereocenters. The van der Waals surface area contributed by atoms with Gasteiger partial charge in [0.05, 0.1) is 13.0 Å². The van der Waals surface area contributed by atoms with Crippen molar-refractivity contribution in [3.63, 3.8) is 0 Å². The van der Waals surface area contributed by atoms with Crippen LogP contribution in [-0.2, 0) is 16.1 Å². The second-order valence-corrected chi connectivity index (χ2v) is 4.28. The Bertz CT molecular complexity index is 395. The van der Waals surface area contributed by atoms with Crippen LogP contribution in [0.1, 0.15) is 30.0 Å². The SMILES string of the molecule is CCOC(=O)CCNCc1cc(C)c(F)c(C)c1. The van der Waals surface area contributed by atoms with Gasteiger partial charge in [-0.3, -0.25) is 4.79 Å². The van der Waals surface area contributed by atoms with Gasteiger partial charge in [0, 0.05) is 13.1 Å². The van der Waals surface area contributed by atoms with Crippen molar-refractivity contribution < 1.29 is 13.9 Å². The molecule has 0 spiro atoms. The van der Waals surface area contributed by atoms with Crippen LogP contribution in [0.5, 0.6) is 0 Å². The van der Waals surface area contributed by atoms with Gasteiger partial charge >= 0.3 is 5.97 Å². The predicted molar refractivity (Wildman–Crippen MR) is 68.8 cm³/mol. The quantitative estimate of drug-likeness (QED) is 0.625. The van der Waals surface area contributed by atoms with Crippen molar-refractivity contribution in [3.8, 4) is 0 Å². The summed E-state index contributed by atoms with van der Waals surface area (Å²) in [6, 6.07) is 3.64. The third-order valence-corrected chi connectivity index (χ3v) is 2.64. The number of ether oxygens (including phenoxy) is 1. The lowest BCUT2D eigenvalue weighted by molar-refractivity contribution is -0.142. The number of carbonyl (C=O) groups is 1. The molecule has 0 fully saturated rings. The second-order valence-electron chi connectivity index (χ2n) is 4.28. The maximum absolute atomic E-state index is 13.4. The van der Waals surface area contributed by atoms with Gasteiger partial charge < -0.3 is 10.1 Å². The van der Waals surface area contributed by atoms with Gasteiger partial charge in [-0.1, -0.05) is 12.1 Å². The molecule has 1 aromatic carbocycles. The highest BCUT2D eigenvalue weighted by Crippen LogP contribution is 2.14. The topological polar surface area (TPSA) is 38.3 Å². The lowest BCUT2D eigenvalue weighted by Crippen LogP contribution is -2.19. The zero-order chi connectivity index (χ0) is 13.5. The van der Waals surface area contributed by atoms with E-state index in [1.54, 1.807) is 20.8 Å².